The molecular weight excluding hydrogens is 507 g/mol. The van der Waals surface area contributed by atoms with Crippen molar-refractivity contribution in [1.82, 2.24) is 4.90 Å². The van der Waals surface area contributed by atoms with Crippen LogP contribution in [0.3, 0.4) is 0 Å². The monoisotopic (exact) mass is 544 g/mol. The molecule has 0 aromatic heterocycles. The van der Waals surface area contributed by atoms with E-state index in [1.54, 1.807) is 24.3 Å². The number of benzene rings is 2. The summed E-state index contributed by atoms with van der Waals surface area (Å²) in [7, 11) is 0. The summed E-state index contributed by atoms with van der Waals surface area (Å²) in [6.07, 6.45) is 6.67. The summed E-state index contributed by atoms with van der Waals surface area (Å²) in [4.78, 5) is 18.3. The van der Waals surface area contributed by atoms with Crippen LogP contribution in [0, 0.1) is 11.8 Å². The van der Waals surface area contributed by atoms with Gasteiger partial charge in [0.1, 0.15) is 5.75 Å². The number of amides is 1. The van der Waals surface area contributed by atoms with Gasteiger partial charge in [0.05, 0.1) is 0 Å². The second-order valence-corrected chi connectivity index (χ2v) is 10.7. The van der Waals surface area contributed by atoms with Crippen LogP contribution in [0.2, 0.25) is 0 Å². The van der Waals surface area contributed by atoms with Gasteiger partial charge in [-0.25, -0.2) is 0 Å². The van der Waals surface area contributed by atoms with E-state index < -0.39 is 12.3 Å². The minimum absolute atomic E-state index is 0.225. The smallest absolute Gasteiger partial charge is 0.406 e. The van der Waals surface area contributed by atoms with Gasteiger partial charge >= 0.3 is 6.36 Å². The van der Waals surface area contributed by atoms with Crippen LogP contribution in [-0.2, 0) is 13.1 Å². The Bertz CT molecular complexity index is 1120. The van der Waals surface area contributed by atoms with Crippen molar-refractivity contribution in [3.63, 3.8) is 0 Å². The number of halogens is 3. The molecule has 2 aromatic rings. The second kappa shape index (κ2) is 13.2. The van der Waals surface area contributed by atoms with Crippen molar-refractivity contribution in [3.05, 3.63) is 65.2 Å². The van der Waals surface area contributed by atoms with Crippen molar-refractivity contribution in [2.75, 3.05) is 0 Å². The van der Waals surface area contributed by atoms with E-state index in [0.717, 1.165) is 35.8 Å². The molecule has 2 aliphatic carbocycles. The van der Waals surface area contributed by atoms with E-state index in [-0.39, 0.29) is 11.7 Å². The molecule has 39 heavy (non-hydrogen) atoms. The lowest BCUT2D eigenvalue weighted by Crippen LogP contribution is -2.38. The van der Waals surface area contributed by atoms with E-state index in [9.17, 15) is 18.0 Å². The van der Waals surface area contributed by atoms with Crippen LogP contribution in [0.15, 0.2) is 58.6 Å². The number of carbonyl (C=O) groups excluding carboxylic acids is 1. The number of guanidine groups is 1. The summed E-state index contributed by atoms with van der Waals surface area (Å²) >= 11 is 0. The van der Waals surface area contributed by atoms with Gasteiger partial charge in [-0.15, -0.1) is 18.7 Å². The van der Waals surface area contributed by atoms with Gasteiger partial charge in [-0.05, 0) is 72.9 Å². The first-order chi connectivity index (χ1) is 18.7. The number of nitrogens with zero attached hydrogens (tertiary/aromatic N) is 3. The van der Waals surface area contributed by atoms with Crippen molar-refractivity contribution in [2.45, 2.75) is 83.3 Å². The molecule has 0 unspecified atom stereocenters. The predicted molar refractivity (Wildman–Crippen MR) is 141 cm³/mol. The molecular formula is C29H37F3N5O2+. The van der Waals surface area contributed by atoms with Gasteiger partial charge < -0.3 is 10.5 Å². The molecule has 0 aliphatic heterocycles. The Morgan fingerprint density at radius 1 is 0.872 bits per heavy atom. The standard InChI is InChI=1S/C29H36F3N5O2/c30-29(31,32)39-26-16-8-21(9-17-26)19-37(25-14-12-23(13-15-25)22-4-2-1-3-5-22)18-20-6-10-24(11-7-20)27(38)35-28(33)36-34/h6-11,16-17,22-23,25,34H,1-5,12-15,18-19H2,(H2,33,35,38)/p+1. The highest BCUT2D eigenvalue weighted by Crippen LogP contribution is 2.40. The molecule has 0 atom stereocenters. The molecule has 4 N–H and O–H groups in total. The lowest BCUT2D eigenvalue weighted by atomic mass is 9.72. The molecule has 0 bridgehead atoms. The normalized spacial score (nSPS) is 21.1. The molecule has 2 fully saturated rings. The third-order valence-corrected chi connectivity index (χ3v) is 8.05. The summed E-state index contributed by atoms with van der Waals surface area (Å²) in [6.45, 7) is 1.25. The van der Waals surface area contributed by atoms with Crippen LogP contribution in [0.4, 0.5) is 13.2 Å². The average Bonchev–Trinajstić information content (AvgIpc) is 2.94. The topological polar surface area (TPSA) is 106 Å². The maximum atomic E-state index is 12.6. The van der Waals surface area contributed by atoms with E-state index in [4.69, 9.17) is 11.3 Å². The molecule has 2 aromatic carbocycles. The number of ether oxygens (including phenoxy) is 1. The van der Waals surface area contributed by atoms with Crippen LogP contribution in [0.1, 0.15) is 79.3 Å². The number of nitrogens with two attached hydrogens (primary N) is 2. The Morgan fingerprint density at radius 3 is 1.95 bits per heavy atom. The van der Waals surface area contributed by atoms with Crippen molar-refractivity contribution in [2.24, 2.45) is 27.7 Å². The summed E-state index contributed by atoms with van der Waals surface area (Å²) in [5, 5.41) is 3.20. The van der Waals surface area contributed by atoms with Crippen LogP contribution in [0.25, 0.3) is 0 Å². The van der Waals surface area contributed by atoms with Crippen LogP contribution in [-0.4, -0.2) is 29.2 Å². The molecule has 0 radical (unpaired) electrons. The molecule has 7 nitrogen and oxygen atoms in total. The fraction of sp³-hybridized carbons (Fsp3) is 0.517. The Morgan fingerprint density at radius 2 is 1.41 bits per heavy atom. The summed E-state index contributed by atoms with van der Waals surface area (Å²) in [5.41, 5.74) is 12.8. The Labute approximate surface area is 227 Å². The second-order valence-electron chi connectivity index (χ2n) is 10.7. The quantitative estimate of drug-likeness (QED) is 0.264. The number of rotatable bonds is 8. The molecule has 2 aliphatic rings. The highest BCUT2D eigenvalue weighted by molar-refractivity contribution is 6.02. The Hall–Kier alpha value is -3.27. The number of hydrogen-bond donors (Lipinski definition) is 2. The molecule has 0 spiro atoms. The van der Waals surface area contributed by atoms with Crippen molar-refractivity contribution < 1.29 is 28.2 Å². The van der Waals surface area contributed by atoms with Crippen molar-refractivity contribution in [3.8, 4) is 5.75 Å². The highest BCUT2D eigenvalue weighted by atomic mass is 19.4. The number of alkyl halides is 3. The molecule has 2 saturated carbocycles. The van der Waals surface area contributed by atoms with Gasteiger partial charge in [-0.3, -0.25) is 9.69 Å². The molecule has 0 heterocycles. The van der Waals surface area contributed by atoms with E-state index in [1.807, 2.05) is 12.1 Å². The van der Waals surface area contributed by atoms with Gasteiger partial charge in [-0.1, -0.05) is 56.4 Å². The zero-order valence-corrected chi connectivity index (χ0v) is 22.1. The summed E-state index contributed by atoms with van der Waals surface area (Å²) < 4.78 is 41.8. The SMILES string of the molecule is NC(N=[NH2+])=NC(=O)c1ccc(CN(Cc2ccc(OC(F)(F)F)cc2)C2CCC(C3CCCCC3)CC2)cc1. The third-order valence-electron chi connectivity index (χ3n) is 8.05. The predicted octanol–water partition coefficient (Wildman–Crippen LogP) is 5.39. The van der Waals surface area contributed by atoms with Gasteiger partial charge in [-0.2, -0.15) is 4.99 Å². The maximum absolute atomic E-state index is 12.6. The maximum Gasteiger partial charge on any atom is 0.573 e. The van der Waals surface area contributed by atoms with E-state index >= 15 is 0 Å². The summed E-state index contributed by atoms with van der Waals surface area (Å²) in [5.74, 6) is 0.610. The van der Waals surface area contributed by atoms with Gasteiger partial charge in [0, 0.05) is 29.8 Å². The fourth-order valence-corrected chi connectivity index (χ4v) is 6.07. The average molecular weight is 545 g/mol. The molecule has 0 saturated heterocycles. The molecule has 4 rings (SSSR count). The summed E-state index contributed by atoms with van der Waals surface area (Å²) in [6, 6.07) is 13.6. The highest BCUT2D eigenvalue weighted by Gasteiger charge is 2.32. The first kappa shape index (κ1) is 28.7. The number of carbonyl (C=O) groups is 1. The minimum atomic E-state index is -4.71. The lowest BCUT2D eigenvalue weighted by molar-refractivity contribution is -0.274. The lowest BCUT2D eigenvalue weighted by Gasteiger charge is -2.40. The van der Waals surface area contributed by atoms with Crippen LogP contribution < -0.4 is 16.0 Å². The molecule has 210 valence electrons. The van der Waals surface area contributed by atoms with Gasteiger partial charge in [0.15, 0.2) is 0 Å². The molecule has 10 heteroatoms. The minimum Gasteiger partial charge on any atom is -0.406 e. The van der Waals surface area contributed by atoms with Crippen molar-refractivity contribution in [1.29, 1.82) is 0 Å². The van der Waals surface area contributed by atoms with Crippen LogP contribution in [0.5, 0.6) is 5.75 Å². The van der Waals surface area contributed by atoms with Crippen LogP contribution >= 0.6 is 0 Å². The largest absolute Gasteiger partial charge is 0.573 e. The fourth-order valence-electron chi connectivity index (χ4n) is 6.07. The first-order valence-electron chi connectivity index (χ1n) is 13.7. The third kappa shape index (κ3) is 8.61. The van der Waals surface area contributed by atoms with E-state index in [0.29, 0.717) is 24.7 Å². The van der Waals surface area contributed by atoms with Gasteiger partial charge in [0.25, 0.3) is 11.9 Å². The Balaban J connectivity index is 1.46. The number of aliphatic imine (C=N–C) groups is 1. The van der Waals surface area contributed by atoms with E-state index in [2.05, 4.69) is 19.7 Å². The van der Waals surface area contributed by atoms with E-state index in [1.165, 1.54) is 57.1 Å². The van der Waals surface area contributed by atoms with Gasteiger partial charge in [0.2, 0.25) is 0 Å². The first-order valence-corrected chi connectivity index (χ1v) is 13.7. The molecule has 1 amide bonds. The zero-order valence-electron chi connectivity index (χ0n) is 22.1. The Kier molecular flexibility index (Phi) is 9.72. The van der Waals surface area contributed by atoms with Crippen molar-refractivity contribution >= 4 is 11.9 Å². The number of hydrogen-bond acceptors (Lipinski definition) is 3. The zero-order chi connectivity index (χ0) is 27.8.